The third-order valence-corrected chi connectivity index (χ3v) is 5.31. The van der Waals surface area contributed by atoms with Crippen LogP contribution in [-0.2, 0) is 0 Å². The van der Waals surface area contributed by atoms with E-state index in [9.17, 15) is 9.59 Å². The number of aromatic amines is 2. The van der Waals surface area contributed by atoms with E-state index in [1.807, 2.05) is 48.6 Å². The van der Waals surface area contributed by atoms with Crippen LogP contribution in [0.2, 0.25) is 0 Å². The number of fused-ring (bicyclic) bond motifs is 2. The highest BCUT2D eigenvalue weighted by Gasteiger charge is 2.26. The number of nitrogens with one attached hydrogen (secondary N) is 2. The van der Waals surface area contributed by atoms with Crippen LogP contribution in [0.15, 0.2) is 61.1 Å². The molecule has 1 aromatic heterocycles. The van der Waals surface area contributed by atoms with Crippen LogP contribution in [0.25, 0.3) is 12.2 Å². The maximum atomic E-state index is 12.5. The van der Waals surface area contributed by atoms with Gasteiger partial charge in [-0.05, 0) is 46.5 Å². The molecule has 4 rings (SSSR count). The van der Waals surface area contributed by atoms with Gasteiger partial charge in [0, 0.05) is 26.6 Å². The summed E-state index contributed by atoms with van der Waals surface area (Å²) < 4.78 is 1.94. The molecule has 1 aliphatic carbocycles. The maximum Gasteiger partial charge on any atom is 0.325 e. The summed E-state index contributed by atoms with van der Waals surface area (Å²) in [5, 5.41) is 0. The molecule has 0 bridgehead atoms. The molecule has 0 saturated carbocycles. The summed E-state index contributed by atoms with van der Waals surface area (Å²) in [6.45, 7) is 0. The van der Waals surface area contributed by atoms with Gasteiger partial charge in [0.05, 0.1) is 0 Å². The Labute approximate surface area is 159 Å². The second kappa shape index (κ2) is 6.28. The van der Waals surface area contributed by atoms with Crippen molar-refractivity contribution in [2.75, 3.05) is 0 Å². The molecule has 6 heteroatoms. The summed E-state index contributed by atoms with van der Waals surface area (Å²) in [4.78, 5) is 28.9. The Kier molecular flexibility index (Phi) is 4.09. The molecule has 0 saturated heterocycles. The molecule has 124 valence electrons. The Hall–Kier alpha value is -2.18. The van der Waals surface area contributed by atoms with E-state index in [-0.39, 0.29) is 11.5 Å². The molecule has 2 aromatic carbocycles. The Morgan fingerprint density at radius 1 is 0.800 bits per heavy atom. The topological polar surface area (TPSA) is 65.7 Å². The first-order valence-electron chi connectivity index (χ1n) is 7.62. The molecule has 1 heterocycles. The van der Waals surface area contributed by atoms with Gasteiger partial charge in [0.25, 0.3) is 5.56 Å². The summed E-state index contributed by atoms with van der Waals surface area (Å²) in [6, 6.07) is 12.0. The third kappa shape index (κ3) is 2.96. The molecule has 2 N–H and O–H groups in total. The molecule has 0 amide bonds. The predicted octanol–water partition coefficient (Wildman–Crippen LogP) is 4.25. The van der Waals surface area contributed by atoms with E-state index in [1.54, 1.807) is 0 Å². The highest BCUT2D eigenvalue weighted by Crippen LogP contribution is 2.39. The van der Waals surface area contributed by atoms with Gasteiger partial charge < -0.3 is 4.98 Å². The van der Waals surface area contributed by atoms with Crippen LogP contribution in [0.3, 0.4) is 0 Å². The van der Waals surface area contributed by atoms with Crippen molar-refractivity contribution in [1.82, 2.24) is 9.97 Å². The molecular formula is C19H12Br2N2O2. The first kappa shape index (κ1) is 16.3. The number of aromatic nitrogens is 2. The second-order valence-corrected chi connectivity index (χ2v) is 7.67. The van der Waals surface area contributed by atoms with Crippen LogP contribution in [0.1, 0.15) is 33.7 Å². The monoisotopic (exact) mass is 458 g/mol. The van der Waals surface area contributed by atoms with Crippen LogP contribution in [-0.4, -0.2) is 9.97 Å². The fourth-order valence-electron chi connectivity index (χ4n) is 3.22. The standard InChI is InChI=1S/C19H12Br2N2O2/c20-12-3-5-14-10(7-12)1-2-11-8-13(21)4-6-15(11)17(14)16-9-22-19(25)23-18(16)24/h1-9,17H,(H2,22,23,24,25). The minimum atomic E-state index is -0.507. The van der Waals surface area contributed by atoms with E-state index >= 15 is 0 Å². The number of benzene rings is 2. The van der Waals surface area contributed by atoms with Gasteiger partial charge in [0.15, 0.2) is 0 Å². The smallest absolute Gasteiger partial charge is 0.314 e. The molecule has 0 atom stereocenters. The van der Waals surface area contributed by atoms with Gasteiger partial charge in [-0.1, -0.05) is 56.1 Å². The van der Waals surface area contributed by atoms with Gasteiger partial charge in [-0.25, -0.2) is 4.79 Å². The minimum Gasteiger partial charge on any atom is -0.314 e. The first-order valence-corrected chi connectivity index (χ1v) is 9.20. The molecule has 0 aliphatic heterocycles. The number of hydrogen-bond acceptors (Lipinski definition) is 2. The second-order valence-electron chi connectivity index (χ2n) is 5.84. The fraction of sp³-hybridized carbons (Fsp3) is 0.0526. The zero-order valence-electron chi connectivity index (χ0n) is 12.8. The molecule has 0 radical (unpaired) electrons. The van der Waals surface area contributed by atoms with Crippen molar-refractivity contribution in [2.24, 2.45) is 0 Å². The minimum absolute atomic E-state index is 0.276. The summed E-state index contributed by atoms with van der Waals surface area (Å²) in [5.41, 5.74) is 3.70. The highest BCUT2D eigenvalue weighted by molar-refractivity contribution is 9.10. The average Bonchev–Trinajstić information content (AvgIpc) is 2.72. The number of hydrogen-bond donors (Lipinski definition) is 2. The van der Waals surface area contributed by atoms with E-state index in [4.69, 9.17) is 0 Å². The van der Waals surface area contributed by atoms with Crippen molar-refractivity contribution in [1.29, 1.82) is 0 Å². The Morgan fingerprint density at radius 2 is 1.36 bits per heavy atom. The lowest BCUT2D eigenvalue weighted by atomic mass is 9.83. The van der Waals surface area contributed by atoms with E-state index in [0.29, 0.717) is 5.56 Å². The number of H-pyrrole nitrogens is 2. The van der Waals surface area contributed by atoms with Crippen LogP contribution in [0, 0.1) is 0 Å². The van der Waals surface area contributed by atoms with Crippen LogP contribution in [0.4, 0.5) is 0 Å². The zero-order chi connectivity index (χ0) is 17.6. The van der Waals surface area contributed by atoms with Gasteiger partial charge in [-0.2, -0.15) is 0 Å². The SMILES string of the molecule is O=c1[nH]cc(C2c3ccc(Br)cc3C=Cc3cc(Br)ccc32)c(=O)[nH]1. The summed E-state index contributed by atoms with van der Waals surface area (Å²) >= 11 is 7.01. The van der Waals surface area contributed by atoms with E-state index in [1.165, 1.54) is 6.20 Å². The lowest BCUT2D eigenvalue weighted by molar-refractivity contribution is 0.894. The molecule has 1 aliphatic rings. The number of halogens is 2. The van der Waals surface area contributed by atoms with Crippen LogP contribution < -0.4 is 11.2 Å². The molecule has 3 aromatic rings. The Balaban J connectivity index is 2.07. The average molecular weight is 460 g/mol. The van der Waals surface area contributed by atoms with Crippen molar-refractivity contribution in [2.45, 2.75) is 5.92 Å². The van der Waals surface area contributed by atoms with E-state index in [0.717, 1.165) is 31.2 Å². The van der Waals surface area contributed by atoms with Gasteiger partial charge in [-0.15, -0.1) is 0 Å². The normalized spacial score (nSPS) is 13.2. The largest absolute Gasteiger partial charge is 0.325 e. The third-order valence-electron chi connectivity index (χ3n) is 4.32. The van der Waals surface area contributed by atoms with E-state index < -0.39 is 5.69 Å². The molecule has 25 heavy (non-hydrogen) atoms. The maximum absolute atomic E-state index is 12.5. The summed E-state index contributed by atoms with van der Waals surface area (Å²) in [5.74, 6) is -0.276. The lowest BCUT2D eigenvalue weighted by Gasteiger charge is -2.20. The zero-order valence-corrected chi connectivity index (χ0v) is 16.0. The Bertz CT molecular complexity index is 1070. The molecule has 0 unspecified atom stereocenters. The Morgan fingerprint density at radius 3 is 1.88 bits per heavy atom. The first-order chi connectivity index (χ1) is 12.0. The van der Waals surface area contributed by atoms with Crippen LogP contribution in [0.5, 0.6) is 0 Å². The van der Waals surface area contributed by atoms with Gasteiger partial charge >= 0.3 is 5.69 Å². The van der Waals surface area contributed by atoms with Crippen molar-refractivity contribution >= 4 is 44.0 Å². The lowest BCUT2D eigenvalue weighted by Crippen LogP contribution is -2.27. The number of rotatable bonds is 1. The summed E-state index contributed by atoms with van der Waals surface area (Å²) in [6.07, 6.45) is 5.60. The fourth-order valence-corrected chi connectivity index (χ4v) is 3.98. The highest BCUT2D eigenvalue weighted by atomic mass is 79.9. The molecular weight excluding hydrogens is 448 g/mol. The van der Waals surface area contributed by atoms with Crippen molar-refractivity contribution in [3.8, 4) is 0 Å². The molecule has 4 nitrogen and oxygen atoms in total. The quantitative estimate of drug-likeness (QED) is 0.446. The van der Waals surface area contributed by atoms with Crippen molar-refractivity contribution < 1.29 is 0 Å². The molecule has 0 fully saturated rings. The van der Waals surface area contributed by atoms with Gasteiger partial charge in [-0.3, -0.25) is 9.78 Å². The predicted molar refractivity (Wildman–Crippen MR) is 106 cm³/mol. The van der Waals surface area contributed by atoms with Crippen molar-refractivity contribution in [3.63, 3.8) is 0 Å². The van der Waals surface area contributed by atoms with Crippen molar-refractivity contribution in [3.05, 3.63) is 100 Å². The van der Waals surface area contributed by atoms with E-state index in [2.05, 4.69) is 41.8 Å². The summed E-state index contributed by atoms with van der Waals surface area (Å²) in [7, 11) is 0. The molecule has 0 spiro atoms. The van der Waals surface area contributed by atoms with Crippen LogP contribution >= 0.6 is 31.9 Å². The van der Waals surface area contributed by atoms with Gasteiger partial charge in [0.2, 0.25) is 0 Å². The van der Waals surface area contributed by atoms with Gasteiger partial charge in [0.1, 0.15) is 0 Å².